The molecule has 6 nitrogen and oxygen atoms in total. The molecule has 4 fully saturated rings. The van der Waals surface area contributed by atoms with Crippen LogP contribution in [0.15, 0.2) is 131 Å². The second kappa shape index (κ2) is 39.5. The van der Waals surface area contributed by atoms with Crippen molar-refractivity contribution in [2.24, 2.45) is 9.98 Å². The third kappa shape index (κ3) is 32.0. The van der Waals surface area contributed by atoms with Crippen molar-refractivity contribution in [1.82, 2.24) is 14.1 Å². The molecule has 0 aliphatic heterocycles. The first-order valence-electron chi connectivity index (χ1n) is 30.4. The van der Waals surface area contributed by atoms with E-state index in [2.05, 4.69) is 171 Å². The summed E-state index contributed by atoms with van der Waals surface area (Å²) in [5, 5.41) is 0. The molecular formula is C64H106Ge2N6Se4Si4. The van der Waals surface area contributed by atoms with E-state index in [1.54, 1.807) is 0 Å². The maximum absolute atomic E-state index is 5.31. The molecule has 0 amide bonds. The van der Waals surface area contributed by atoms with Crippen LogP contribution in [0, 0.1) is 0 Å². The van der Waals surface area contributed by atoms with Crippen molar-refractivity contribution in [2.75, 3.05) is 0 Å². The number of nitrogens with zero attached hydrogens (tertiary/aromatic N) is 6. The predicted octanol–water partition coefficient (Wildman–Crippen LogP) is 13.7. The van der Waals surface area contributed by atoms with Gasteiger partial charge in [-0.15, -0.1) is 0 Å². The number of aliphatic imine (C=N–C) groups is 2. The van der Waals surface area contributed by atoms with Crippen molar-refractivity contribution < 1.29 is 0 Å². The van der Waals surface area contributed by atoms with Crippen molar-refractivity contribution in [3.05, 3.63) is 121 Å². The van der Waals surface area contributed by atoms with Gasteiger partial charge < -0.3 is 0 Å². The van der Waals surface area contributed by atoms with Crippen molar-refractivity contribution in [3.8, 4) is 0 Å². The van der Waals surface area contributed by atoms with E-state index in [4.69, 9.17) is 9.98 Å². The van der Waals surface area contributed by atoms with Crippen molar-refractivity contribution >= 4 is 158 Å². The zero-order chi connectivity index (χ0) is 59.2. The first-order valence-corrected chi connectivity index (χ1v) is 51.4. The summed E-state index contributed by atoms with van der Waals surface area (Å²) in [5.41, 5.74) is 0. The molecule has 0 saturated heterocycles. The number of hydrogen-bond acceptors (Lipinski definition) is 4. The van der Waals surface area contributed by atoms with Gasteiger partial charge in [-0.3, -0.25) is 0 Å². The Kier molecular flexibility index (Phi) is 36.6. The molecule has 4 aromatic carbocycles. The van der Waals surface area contributed by atoms with Gasteiger partial charge in [-0.25, -0.2) is 0 Å². The fourth-order valence-electron chi connectivity index (χ4n) is 11.1. The van der Waals surface area contributed by atoms with Gasteiger partial charge in [0, 0.05) is 0 Å². The molecule has 0 heterocycles. The van der Waals surface area contributed by atoms with Crippen LogP contribution < -0.4 is 17.8 Å². The molecule has 16 heteroatoms. The zero-order valence-corrected chi connectivity index (χ0v) is 67.4. The molecule has 0 bridgehead atoms. The average Bonchev–Trinajstić information content (AvgIpc) is 3.44. The van der Waals surface area contributed by atoms with Crippen LogP contribution in [0.25, 0.3) is 0 Å². The van der Waals surface area contributed by atoms with Crippen molar-refractivity contribution in [2.45, 2.75) is 245 Å². The Balaban J connectivity index is 0.000000284. The molecule has 0 unspecified atom stereocenters. The summed E-state index contributed by atoms with van der Waals surface area (Å²) in [6.07, 6.45) is 27.8. The topological polar surface area (TPSA) is 37.7 Å². The molecule has 4 saturated carbocycles. The second-order valence-electron chi connectivity index (χ2n) is 26.1. The van der Waals surface area contributed by atoms with E-state index in [0.717, 1.165) is 12.1 Å². The van der Waals surface area contributed by atoms with E-state index in [-0.39, 0.29) is 31.8 Å². The molecule has 0 aromatic heterocycles. The van der Waals surface area contributed by atoms with Gasteiger partial charge in [-0.1, -0.05) is 0 Å². The van der Waals surface area contributed by atoms with Gasteiger partial charge in [-0.2, -0.15) is 0 Å². The van der Waals surface area contributed by atoms with Crippen LogP contribution >= 0.6 is 0 Å². The minimum absolute atomic E-state index is 0.291. The minimum atomic E-state index is -1.29. The fourth-order valence-corrected chi connectivity index (χ4v) is 43.0. The Morgan fingerprint density at radius 3 is 0.713 bits per heavy atom. The zero-order valence-electron chi connectivity index (χ0n) is 52.3. The maximum atomic E-state index is 5.31. The first-order chi connectivity index (χ1) is 37.8. The summed E-state index contributed by atoms with van der Waals surface area (Å²) in [7, 11) is -5.17. The number of rotatable bonds is 12. The van der Waals surface area contributed by atoms with Crippen molar-refractivity contribution in [1.29, 1.82) is 0 Å². The Labute approximate surface area is 543 Å². The quantitative estimate of drug-likeness (QED) is 0.0805. The molecule has 0 N–H and O–H groups in total. The molecule has 4 aliphatic carbocycles. The van der Waals surface area contributed by atoms with E-state index in [0.29, 0.717) is 12.1 Å². The van der Waals surface area contributed by atoms with Crippen molar-refractivity contribution in [3.63, 3.8) is 0 Å². The Morgan fingerprint density at radius 2 is 0.537 bits per heavy atom. The van der Waals surface area contributed by atoms with Gasteiger partial charge in [0.25, 0.3) is 0 Å². The van der Waals surface area contributed by atoms with E-state index < -0.39 is 32.9 Å². The third-order valence-corrected chi connectivity index (χ3v) is 53.8. The summed E-state index contributed by atoms with van der Waals surface area (Å²) >= 11 is 11.0. The van der Waals surface area contributed by atoms with Gasteiger partial charge in [0.2, 0.25) is 0 Å². The van der Waals surface area contributed by atoms with Gasteiger partial charge in [0.15, 0.2) is 0 Å². The second-order valence-corrected chi connectivity index (χ2v) is 58.6. The Bertz CT molecular complexity index is 2000. The SMILES string of the molecule is CC(=NC1CCCCC1)[N]([Ge][N]([Si](C)(C)C)[Si](C)(C)C)C1CCCCC1.CC(=NC1CCCCC1)[N]([Ge][N]([Si](C)(C)C)[Si](C)(C)C)C1CCCCC1.[Se]c1ccccc1.[Se]c1ccccc1.[Se]c1ccccc1.[Se]c1ccccc1. The van der Waals surface area contributed by atoms with E-state index in [1.807, 2.05) is 121 Å². The first kappa shape index (κ1) is 74.0. The van der Waals surface area contributed by atoms with Crippen LogP contribution in [0.5, 0.6) is 0 Å². The van der Waals surface area contributed by atoms with Crippen LogP contribution in [0.3, 0.4) is 0 Å². The van der Waals surface area contributed by atoms with Gasteiger partial charge in [0.1, 0.15) is 0 Å². The summed E-state index contributed by atoms with van der Waals surface area (Å²) < 4.78 is 16.6. The van der Waals surface area contributed by atoms with Gasteiger partial charge in [0.05, 0.1) is 0 Å². The van der Waals surface area contributed by atoms with Crippen LogP contribution in [0.1, 0.15) is 142 Å². The summed E-state index contributed by atoms with van der Waals surface area (Å²) in [6.45, 7) is 35.4. The van der Waals surface area contributed by atoms with Crippen LogP contribution in [0.2, 0.25) is 78.6 Å². The van der Waals surface area contributed by atoms with E-state index >= 15 is 0 Å². The molecule has 4 aliphatic rings. The van der Waals surface area contributed by atoms with Crippen LogP contribution in [-0.4, -0.2) is 179 Å². The summed E-state index contributed by atoms with van der Waals surface area (Å²) in [6, 6.07) is 43.0. The Morgan fingerprint density at radius 1 is 0.338 bits per heavy atom. The number of benzene rings is 4. The van der Waals surface area contributed by atoms with Gasteiger partial charge in [-0.05, 0) is 0 Å². The van der Waals surface area contributed by atoms with E-state index in [1.165, 1.54) is 158 Å². The monoisotopic (exact) mass is 1540 g/mol. The van der Waals surface area contributed by atoms with E-state index in [9.17, 15) is 0 Å². The molecule has 80 heavy (non-hydrogen) atoms. The molecular weight excluding hydrogens is 1430 g/mol. The standard InChI is InChI=1S/2C20H43GeN3Si2.4C6H5Se/c2*1-18(22-19-14-10-8-11-15-19)23(20-16-12-9-13-17-20)21-24(25(2,3)4)26(5,6)7;4*7-6-4-2-1-3-5-6/h2*19-20H,8-17H2,1-7H3;4*1-5H. The number of hydrogen-bond donors (Lipinski definition) is 0. The molecule has 0 atom stereocenters. The Hall–Kier alpha value is -0.229. The molecule has 8 radical (unpaired) electrons. The van der Waals surface area contributed by atoms with Gasteiger partial charge >= 0.3 is 549 Å². The molecule has 8 rings (SSSR count). The predicted molar refractivity (Wildman–Crippen MR) is 373 cm³/mol. The van der Waals surface area contributed by atoms with Crippen LogP contribution in [-0.2, 0) is 0 Å². The molecule has 4 aromatic rings. The third-order valence-electron chi connectivity index (χ3n) is 14.5. The summed E-state index contributed by atoms with van der Waals surface area (Å²) in [4.78, 5) is 10.6. The normalized spacial score (nSPS) is 17.4. The number of amidine groups is 2. The molecule has 0 spiro atoms. The average molecular weight is 1530 g/mol. The van der Waals surface area contributed by atoms with Crippen LogP contribution in [0.4, 0.5) is 0 Å². The molecule has 440 valence electrons. The summed E-state index contributed by atoms with van der Waals surface area (Å²) in [5.74, 6) is 2.79. The fraction of sp³-hybridized carbons (Fsp3) is 0.594.